The first kappa shape index (κ1) is 21.8. The van der Waals surface area contributed by atoms with Crippen molar-refractivity contribution >= 4 is 23.2 Å². The minimum absolute atomic E-state index is 0.103. The van der Waals surface area contributed by atoms with Crippen LogP contribution in [0.25, 0.3) is 5.69 Å². The van der Waals surface area contributed by atoms with Crippen LogP contribution in [0.3, 0.4) is 0 Å². The summed E-state index contributed by atoms with van der Waals surface area (Å²) in [4.78, 5) is 29.3. The van der Waals surface area contributed by atoms with E-state index in [0.29, 0.717) is 36.5 Å². The number of fused-ring (bicyclic) bond motifs is 2. The van der Waals surface area contributed by atoms with Crippen LogP contribution in [0.5, 0.6) is 5.75 Å². The van der Waals surface area contributed by atoms with Crippen molar-refractivity contribution in [3.8, 4) is 11.4 Å². The highest BCUT2D eigenvalue weighted by molar-refractivity contribution is 6.07. The Morgan fingerprint density at radius 1 is 0.857 bits per heavy atom. The Balaban J connectivity index is 1.35. The van der Waals surface area contributed by atoms with Gasteiger partial charge in [0.1, 0.15) is 17.1 Å². The molecule has 0 aliphatic carbocycles. The van der Waals surface area contributed by atoms with Crippen molar-refractivity contribution < 1.29 is 23.1 Å². The van der Waals surface area contributed by atoms with E-state index < -0.39 is 6.43 Å². The number of nitrogens with zero attached hydrogens (tertiary/aromatic N) is 4. The quantitative estimate of drug-likeness (QED) is 0.555. The van der Waals surface area contributed by atoms with Crippen LogP contribution in [0.15, 0.2) is 42.5 Å². The summed E-state index contributed by atoms with van der Waals surface area (Å²) >= 11 is 0. The van der Waals surface area contributed by atoms with Gasteiger partial charge in [-0.2, -0.15) is 5.10 Å². The molecule has 0 radical (unpaired) electrons. The first-order valence-electron chi connectivity index (χ1n) is 11.9. The maximum absolute atomic E-state index is 13.9. The number of hydrogen-bond donors (Lipinski definition) is 0. The number of alkyl halides is 2. The number of piperidine rings is 1. The molecule has 0 N–H and O–H groups in total. The van der Waals surface area contributed by atoms with E-state index >= 15 is 0 Å². The SMILES string of the molecule is O=C1CCCCN1c1ccc(N2CCc3c(C(F)F)nn(-c4ccc5c(c4)CCO5)c3C2=O)cc1. The molecule has 0 spiro atoms. The summed E-state index contributed by atoms with van der Waals surface area (Å²) in [7, 11) is 0. The average Bonchev–Trinajstić information content (AvgIpc) is 3.50. The third-order valence-electron chi connectivity index (χ3n) is 6.97. The van der Waals surface area contributed by atoms with E-state index in [-0.39, 0.29) is 36.2 Å². The molecule has 6 rings (SSSR count). The van der Waals surface area contributed by atoms with Gasteiger partial charge < -0.3 is 14.5 Å². The number of carbonyl (C=O) groups is 2. The van der Waals surface area contributed by atoms with Gasteiger partial charge in [-0.25, -0.2) is 13.5 Å². The van der Waals surface area contributed by atoms with Gasteiger partial charge in [-0.15, -0.1) is 0 Å². The van der Waals surface area contributed by atoms with E-state index in [4.69, 9.17) is 4.74 Å². The summed E-state index contributed by atoms with van der Waals surface area (Å²) in [5.74, 6) is 0.499. The summed E-state index contributed by atoms with van der Waals surface area (Å²) < 4.78 is 34.6. The molecule has 3 aromatic rings. The molecule has 7 nitrogen and oxygen atoms in total. The van der Waals surface area contributed by atoms with Crippen LogP contribution in [0.4, 0.5) is 20.2 Å². The Morgan fingerprint density at radius 3 is 2.34 bits per heavy atom. The molecule has 35 heavy (non-hydrogen) atoms. The second-order valence-electron chi connectivity index (χ2n) is 9.04. The van der Waals surface area contributed by atoms with Crippen LogP contribution in [-0.4, -0.2) is 41.3 Å². The molecule has 4 heterocycles. The first-order valence-corrected chi connectivity index (χ1v) is 11.9. The Labute approximate surface area is 200 Å². The molecule has 0 saturated carbocycles. The Hall–Kier alpha value is -3.75. The number of halogens is 2. The van der Waals surface area contributed by atoms with Crippen LogP contribution < -0.4 is 14.5 Å². The molecule has 0 atom stereocenters. The van der Waals surface area contributed by atoms with Gasteiger partial charge in [0.25, 0.3) is 12.3 Å². The number of benzene rings is 2. The van der Waals surface area contributed by atoms with Crippen molar-refractivity contribution in [2.75, 3.05) is 29.5 Å². The number of carbonyl (C=O) groups excluding carboxylic acids is 2. The fourth-order valence-corrected chi connectivity index (χ4v) is 5.19. The molecule has 1 saturated heterocycles. The Bertz CT molecular complexity index is 1320. The van der Waals surface area contributed by atoms with Crippen LogP contribution in [0, 0.1) is 0 Å². The second kappa shape index (κ2) is 8.48. The Kier molecular flexibility index (Phi) is 5.27. The number of hydrogen-bond acceptors (Lipinski definition) is 4. The highest BCUT2D eigenvalue weighted by atomic mass is 19.3. The molecule has 3 aliphatic rings. The predicted molar refractivity (Wildman–Crippen MR) is 126 cm³/mol. The molecular formula is C26H24F2N4O3. The highest BCUT2D eigenvalue weighted by Gasteiger charge is 2.35. The molecule has 0 bridgehead atoms. The maximum atomic E-state index is 13.9. The molecular weight excluding hydrogens is 454 g/mol. The zero-order chi connectivity index (χ0) is 24.1. The maximum Gasteiger partial charge on any atom is 0.282 e. The van der Waals surface area contributed by atoms with E-state index in [2.05, 4.69) is 5.10 Å². The minimum atomic E-state index is -2.77. The molecule has 0 unspecified atom stereocenters. The average molecular weight is 478 g/mol. The van der Waals surface area contributed by atoms with Gasteiger partial charge in [0.2, 0.25) is 5.91 Å². The lowest BCUT2D eigenvalue weighted by Gasteiger charge is -2.30. The lowest BCUT2D eigenvalue weighted by atomic mass is 10.0. The summed E-state index contributed by atoms with van der Waals surface area (Å²) in [5.41, 5.74) is 3.11. The van der Waals surface area contributed by atoms with Gasteiger partial charge in [0, 0.05) is 42.9 Å². The van der Waals surface area contributed by atoms with Gasteiger partial charge in [0.05, 0.1) is 12.3 Å². The summed E-state index contributed by atoms with van der Waals surface area (Å²) in [5, 5.41) is 4.18. The fourth-order valence-electron chi connectivity index (χ4n) is 5.19. The van der Waals surface area contributed by atoms with Gasteiger partial charge in [-0.3, -0.25) is 9.59 Å². The zero-order valence-corrected chi connectivity index (χ0v) is 19.0. The van der Waals surface area contributed by atoms with Crippen molar-refractivity contribution in [1.29, 1.82) is 0 Å². The van der Waals surface area contributed by atoms with Crippen molar-refractivity contribution in [3.63, 3.8) is 0 Å². The lowest BCUT2D eigenvalue weighted by Crippen LogP contribution is -2.39. The van der Waals surface area contributed by atoms with Crippen LogP contribution in [0.1, 0.15) is 53.0 Å². The monoisotopic (exact) mass is 478 g/mol. The summed E-state index contributed by atoms with van der Waals surface area (Å²) in [6, 6.07) is 12.7. The number of ether oxygens (including phenoxy) is 1. The van der Waals surface area contributed by atoms with Gasteiger partial charge in [-0.1, -0.05) is 0 Å². The summed E-state index contributed by atoms with van der Waals surface area (Å²) in [6.07, 6.45) is 0.640. The third kappa shape index (κ3) is 3.66. The van der Waals surface area contributed by atoms with Gasteiger partial charge in [-0.05, 0) is 67.3 Å². The normalized spacial score (nSPS) is 17.6. The first-order chi connectivity index (χ1) is 17.0. The minimum Gasteiger partial charge on any atom is -0.493 e. The van der Waals surface area contributed by atoms with E-state index in [1.807, 2.05) is 30.3 Å². The van der Waals surface area contributed by atoms with Gasteiger partial charge >= 0.3 is 0 Å². The van der Waals surface area contributed by atoms with E-state index in [1.165, 1.54) is 4.68 Å². The van der Waals surface area contributed by atoms with E-state index in [9.17, 15) is 18.4 Å². The molecule has 1 fully saturated rings. The van der Waals surface area contributed by atoms with Crippen molar-refractivity contribution in [2.24, 2.45) is 0 Å². The van der Waals surface area contributed by atoms with Crippen molar-refractivity contribution in [2.45, 2.75) is 38.5 Å². The number of rotatable bonds is 4. The predicted octanol–water partition coefficient (Wildman–Crippen LogP) is 4.46. The number of amides is 2. The third-order valence-corrected chi connectivity index (χ3v) is 6.97. The standard InChI is InChI=1S/C26H24F2N4O3/c27-25(28)23-20-10-13-31(18-6-4-17(5-7-18)30-12-2-1-3-22(30)33)26(34)24(20)32(29-23)19-8-9-21-16(15-19)11-14-35-21/h4-9,15,25H,1-3,10-14H2. The molecule has 3 aliphatic heterocycles. The van der Waals surface area contributed by atoms with Crippen LogP contribution >= 0.6 is 0 Å². The smallest absolute Gasteiger partial charge is 0.282 e. The molecule has 2 aromatic carbocycles. The zero-order valence-electron chi connectivity index (χ0n) is 19.0. The van der Waals surface area contributed by atoms with E-state index in [1.54, 1.807) is 21.9 Å². The molecule has 2 amide bonds. The lowest BCUT2D eigenvalue weighted by molar-refractivity contribution is -0.119. The van der Waals surface area contributed by atoms with E-state index in [0.717, 1.165) is 36.3 Å². The van der Waals surface area contributed by atoms with Crippen LogP contribution in [-0.2, 0) is 17.6 Å². The number of aromatic nitrogens is 2. The largest absolute Gasteiger partial charge is 0.493 e. The Morgan fingerprint density at radius 2 is 1.60 bits per heavy atom. The highest BCUT2D eigenvalue weighted by Crippen LogP contribution is 2.35. The topological polar surface area (TPSA) is 67.7 Å². The molecule has 1 aromatic heterocycles. The van der Waals surface area contributed by atoms with Crippen molar-refractivity contribution in [3.05, 3.63) is 65.0 Å². The second-order valence-corrected chi connectivity index (χ2v) is 9.04. The van der Waals surface area contributed by atoms with Crippen molar-refractivity contribution in [1.82, 2.24) is 9.78 Å². The fraction of sp³-hybridized carbons (Fsp3) is 0.346. The van der Waals surface area contributed by atoms with Gasteiger partial charge in [0.15, 0.2) is 0 Å². The number of anilines is 2. The summed E-state index contributed by atoms with van der Waals surface area (Å²) in [6.45, 7) is 1.53. The van der Waals surface area contributed by atoms with Crippen LogP contribution in [0.2, 0.25) is 0 Å². The molecule has 180 valence electrons. The molecule has 9 heteroatoms.